The molecule has 1 aromatic heterocycles. The van der Waals surface area contributed by atoms with Crippen molar-refractivity contribution >= 4 is 17.2 Å². The van der Waals surface area contributed by atoms with E-state index in [1.165, 1.54) is 53.8 Å². The Morgan fingerprint density at radius 1 is 1.21 bits per heavy atom. The fourth-order valence-electron chi connectivity index (χ4n) is 4.79. The van der Waals surface area contributed by atoms with Crippen LogP contribution in [0.3, 0.4) is 0 Å². The van der Waals surface area contributed by atoms with E-state index in [-0.39, 0.29) is 11.7 Å². The summed E-state index contributed by atoms with van der Waals surface area (Å²) in [6.07, 6.45) is 7.99. The lowest BCUT2D eigenvalue weighted by Gasteiger charge is -2.34. The van der Waals surface area contributed by atoms with Crippen molar-refractivity contribution in [2.24, 2.45) is 5.92 Å². The molecule has 1 aliphatic carbocycles. The number of hydrogen-bond donors (Lipinski definition) is 0. The Morgan fingerprint density at radius 2 is 2.00 bits per heavy atom. The number of amides is 1. The molecule has 1 aromatic carbocycles. The molecular formula is C24H31FN2OS. The molecule has 0 saturated carbocycles. The number of benzene rings is 1. The van der Waals surface area contributed by atoms with Crippen LogP contribution in [0.5, 0.6) is 0 Å². The van der Waals surface area contributed by atoms with Gasteiger partial charge in [0.25, 0.3) is 5.91 Å². The van der Waals surface area contributed by atoms with Crippen LogP contribution in [0.25, 0.3) is 0 Å². The standard InChI is InChI=1S/C24H31FN2OS/c1-26(24(28)22-17-29-23-7-3-2-6-21(22)23)15-19-5-4-13-27(16-19)14-12-18-8-10-20(25)11-9-18/h8-11,17,19H,2-7,12-16H2,1H3. The lowest BCUT2D eigenvalue weighted by atomic mass is 9.94. The molecule has 2 aromatic rings. The largest absolute Gasteiger partial charge is 0.341 e. The van der Waals surface area contributed by atoms with Gasteiger partial charge in [0.1, 0.15) is 5.82 Å². The summed E-state index contributed by atoms with van der Waals surface area (Å²) < 4.78 is 13.1. The molecule has 1 unspecified atom stereocenters. The maximum absolute atomic E-state index is 13.1. The van der Waals surface area contributed by atoms with Crippen LogP contribution in [0.2, 0.25) is 0 Å². The first kappa shape index (κ1) is 20.5. The summed E-state index contributed by atoms with van der Waals surface area (Å²) in [4.78, 5) is 18.9. The summed E-state index contributed by atoms with van der Waals surface area (Å²) in [5.41, 5.74) is 3.46. The smallest absolute Gasteiger partial charge is 0.254 e. The van der Waals surface area contributed by atoms with Crippen molar-refractivity contribution < 1.29 is 9.18 Å². The van der Waals surface area contributed by atoms with Crippen LogP contribution in [0.15, 0.2) is 29.6 Å². The van der Waals surface area contributed by atoms with E-state index < -0.39 is 0 Å². The molecule has 3 nitrogen and oxygen atoms in total. The third-order valence-electron chi connectivity index (χ3n) is 6.40. The lowest BCUT2D eigenvalue weighted by Crippen LogP contribution is -2.42. The number of piperidine rings is 1. The molecule has 1 fully saturated rings. The quantitative estimate of drug-likeness (QED) is 0.678. The minimum absolute atomic E-state index is 0.175. The van der Waals surface area contributed by atoms with Gasteiger partial charge < -0.3 is 9.80 Å². The van der Waals surface area contributed by atoms with E-state index in [0.717, 1.165) is 51.0 Å². The number of hydrogen-bond acceptors (Lipinski definition) is 3. The van der Waals surface area contributed by atoms with Gasteiger partial charge >= 0.3 is 0 Å². The van der Waals surface area contributed by atoms with E-state index in [0.29, 0.717) is 5.92 Å². The van der Waals surface area contributed by atoms with Crippen LogP contribution in [0, 0.1) is 11.7 Å². The monoisotopic (exact) mass is 414 g/mol. The zero-order valence-electron chi connectivity index (χ0n) is 17.3. The number of rotatable bonds is 6. The Hall–Kier alpha value is -1.72. The second-order valence-electron chi connectivity index (χ2n) is 8.63. The van der Waals surface area contributed by atoms with Gasteiger partial charge in [0, 0.05) is 36.9 Å². The number of aryl methyl sites for hydroxylation is 1. The van der Waals surface area contributed by atoms with Crippen molar-refractivity contribution in [3.05, 3.63) is 57.0 Å². The van der Waals surface area contributed by atoms with Crippen molar-refractivity contribution in [2.45, 2.75) is 44.9 Å². The summed E-state index contributed by atoms with van der Waals surface area (Å²) in [5.74, 6) is 0.555. The van der Waals surface area contributed by atoms with Gasteiger partial charge in [-0.05, 0) is 80.7 Å². The Balaban J connectivity index is 1.30. The van der Waals surface area contributed by atoms with Crippen molar-refractivity contribution in [1.29, 1.82) is 0 Å². The normalized spacial score (nSPS) is 19.7. The van der Waals surface area contributed by atoms with Crippen LogP contribution in [0.4, 0.5) is 4.39 Å². The van der Waals surface area contributed by atoms with Gasteiger partial charge in [0.15, 0.2) is 0 Å². The summed E-state index contributed by atoms with van der Waals surface area (Å²) in [6, 6.07) is 6.84. The highest BCUT2D eigenvalue weighted by molar-refractivity contribution is 7.10. The molecule has 29 heavy (non-hydrogen) atoms. The predicted molar refractivity (Wildman–Crippen MR) is 117 cm³/mol. The zero-order chi connectivity index (χ0) is 20.2. The third-order valence-corrected chi connectivity index (χ3v) is 7.49. The molecular weight excluding hydrogens is 383 g/mol. The summed E-state index contributed by atoms with van der Waals surface area (Å²) >= 11 is 1.77. The molecule has 0 bridgehead atoms. The van der Waals surface area contributed by atoms with Gasteiger partial charge in [-0.1, -0.05) is 12.1 Å². The predicted octanol–water partition coefficient (Wildman–Crippen LogP) is 4.79. The number of carbonyl (C=O) groups is 1. The number of likely N-dealkylation sites (tertiary alicyclic amines) is 1. The molecule has 5 heteroatoms. The highest BCUT2D eigenvalue weighted by Crippen LogP contribution is 2.31. The average Bonchev–Trinajstić information content (AvgIpc) is 3.17. The minimum Gasteiger partial charge on any atom is -0.341 e. The van der Waals surface area contributed by atoms with Gasteiger partial charge in [-0.25, -0.2) is 4.39 Å². The van der Waals surface area contributed by atoms with Gasteiger partial charge in [-0.2, -0.15) is 0 Å². The number of halogens is 1. The second kappa shape index (κ2) is 9.40. The Bertz CT molecular complexity index is 832. The highest BCUT2D eigenvalue weighted by Gasteiger charge is 2.26. The van der Waals surface area contributed by atoms with E-state index in [4.69, 9.17) is 0 Å². The fourth-order valence-corrected chi connectivity index (χ4v) is 5.91. The average molecular weight is 415 g/mol. The Kier molecular flexibility index (Phi) is 6.66. The summed E-state index contributed by atoms with van der Waals surface area (Å²) in [7, 11) is 1.96. The maximum Gasteiger partial charge on any atom is 0.254 e. The molecule has 0 N–H and O–H groups in total. The summed E-state index contributed by atoms with van der Waals surface area (Å²) in [6.45, 7) is 3.99. The molecule has 4 rings (SSSR count). The Morgan fingerprint density at radius 3 is 2.83 bits per heavy atom. The van der Waals surface area contributed by atoms with E-state index in [2.05, 4.69) is 10.3 Å². The van der Waals surface area contributed by atoms with Crippen LogP contribution in [0.1, 0.15) is 52.0 Å². The van der Waals surface area contributed by atoms with Crippen LogP contribution < -0.4 is 0 Å². The number of thiophene rings is 1. The van der Waals surface area contributed by atoms with Gasteiger partial charge in [0.05, 0.1) is 5.56 Å². The molecule has 2 aliphatic rings. The summed E-state index contributed by atoms with van der Waals surface area (Å²) in [5, 5.41) is 2.09. The minimum atomic E-state index is -0.175. The first-order chi connectivity index (χ1) is 14.1. The van der Waals surface area contributed by atoms with Crippen molar-refractivity contribution in [3.63, 3.8) is 0 Å². The third kappa shape index (κ3) is 5.07. The second-order valence-corrected chi connectivity index (χ2v) is 9.59. The van der Waals surface area contributed by atoms with E-state index in [9.17, 15) is 9.18 Å². The number of carbonyl (C=O) groups excluding carboxylic acids is 1. The first-order valence-electron chi connectivity index (χ1n) is 10.9. The van der Waals surface area contributed by atoms with Gasteiger partial charge in [0.2, 0.25) is 0 Å². The lowest BCUT2D eigenvalue weighted by molar-refractivity contribution is 0.0729. The Labute approximate surface area is 177 Å². The topological polar surface area (TPSA) is 23.6 Å². The van der Waals surface area contributed by atoms with Crippen LogP contribution >= 0.6 is 11.3 Å². The SMILES string of the molecule is CN(CC1CCCN(CCc2ccc(F)cc2)C1)C(=O)c1csc2c1CCCC2. The fraction of sp³-hybridized carbons (Fsp3) is 0.542. The van der Waals surface area contributed by atoms with E-state index in [1.54, 1.807) is 11.3 Å². The van der Waals surface area contributed by atoms with Gasteiger partial charge in [-0.15, -0.1) is 11.3 Å². The number of nitrogens with zero attached hydrogens (tertiary/aromatic N) is 2. The van der Waals surface area contributed by atoms with Crippen LogP contribution in [-0.2, 0) is 19.3 Å². The molecule has 1 amide bonds. The van der Waals surface area contributed by atoms with E-state index >= 15 is 0 Å². The van der Waals surface area contributed by atoms with Crippen molar-refractivity contribution in [1.82, 2.24) is 9.80 Å². The highest BCUT2D eigenvalue weighted by atomic mass is 32.1. The molecule has 0 radical (unpaired) electrons. The van der Waals surface area contributed by atoms with Crippen molar-refractivity contribution in [3.8, 4) is 0 Å². The van der Waals surface area contributed by atoms with E-state index in [1.807, 2.05) is 24.1 Å². The first-order valence-corrected chi connectivity index (χ1v) is 11.8. The zero-order valence-corrected chi connectivity index (χ0v) is 18.1. The molecule has 1 saturated heterocycles. The molecule has 156 valence electrons. The number of fused-ring (bicyclic) bond motifs is 1. The van der Waals surface area contributed by atoms with Crippen molar-refractivity contribution in [2.75, 3.05) is 33.2 Å². The van der Waals surface area contributed by atoms with Gasteiger partial charge in [-0.3, -0.25) is 4.79 Å². The van der Waals surface area contributed by atoms with Crippen LogP contribution in [-0.4, -0.2) is 48.9 Å². The maximum atomic E-state index is 13.1. The molecule has 1 atom stereocenters. The molecule has 1 aliphatic heterocycles. The molecule has 2 heterocycles. The molecule has 0 spiro atoms.